The van der Waals surface area contributed by atoms with Gasteiger partial charge in [-0.25, -0.2) is 0 Å². The molecule has 1 unspecified atom stereocenters. The molecule has 0 bridgehead atoms. The molecule has 0 spiro atoms. The van der Waals surface area contributed by atoms with Crippen molar-refractivity contribution in [1.29, 1.82) is 0 Å². The van der Waals surface area contributed by atoms with Crippen molar-refractivity contribution in [3.8, 4) is 0 Å². The minimum atomic E-state index is -5.42. The Bertz CT molecular complexity index is 868. The van der Waals surface area contributed by atoms with E-state index >= 15 is 0 Å². The van der Waals surface area contributed by atoms with Crippen molar-refractivity contribution >= 4 is 11.8 Å². The number of unbranched alkanes of at least 4 members (excludes halogenated alkanes) is 6. The first-order chi connectivity index (χ1) is 18.1. The molecule has 0 heterocycles. The van der Waals surface area contributed by atoms with E-state index in [1.807, 2.05) is 0 Å². The highest BCUT2D eigenvalue weighted by molar-refractivity contribution is 7.99. The molecule has 2 saturated carbocycles. The third-order valence-electron chi connectivity index (χ3n) is 9.83. The van der Waals surface area contributed by atoms with Crippen LogP contribution in [0, 0.1) is 35.7 Å². The Kier molecular flexibility index (Phi) is 10.5. The number of rotatable bonds is 14. The number of benzene rings is 1. The van der Waals surface area contributed by atoms with Crippen LogP contribution in [-0.4, -0.2) is 23.6 Å². The van der Waals surface area contributed by atoms with E-state index in [1.54, 1.807) is 11.1 Å². The van der Waals surface area contributed by atoms with Gasteiger partial charge in [0.2, 0.25) is 0 Å². The molecule has 0 amide bonds. The summed E-state index contributed by atoms with van der Waals surface area (Å²) in [5.41, 5.74) is 3.62. The quantitative estimate of drug-likeness (QED) is 0.162. The van der Waals surface area contributed by atoms with Crippen LogP contribution in [-0.2, 0) is 6.42 Å². The average Bonchev–Trinajstić information content (AvgIpc) is 3.27. The van der Waals surface area contributed by atoms with Crippen LogP contribution in [0.25, 0.3) is 0 Å². The lowest BCUT2D eigenvalue weighted by Crippen LogP contribution is -2.44. The average molecular weight is 557 g/mol. The normalized spacial score (nSPS) is 29.1. The minimum absolute atomic E-state index is 0.0954. The Morgan fingerprint density at radius 2 is 1.66 bits per heavy atom. The summed E-state index contributed by atoms with van der Waals surface area (Å²) >= 11 is 1.50. The van der Waals surface area contributed by atoms with E-state index in [-0.39, 0.29) is 6.42 Å². The van der Waals surface area contributed by atoms with Gasteiger partial charge in [0.15, 0.2) is 0 Å². The first-order valence-electron chi connectivity index (χ1n) is 15.0. The Morgan fingerprint density at radius 1 is 0.947 bits per heavy atom. The Hall–Kier alpha value is -0.780. The highest BCUT2D eigenvalue weighted by atomic mass is 32.2. The summed E-state index contributed by atoms with van der Waals surface area (Å²) in [7, 11) is 0. The summed E-state index contributed by atoms with van der Waals surface area (Å²) in [4.78, 5) is 0. The molecule has 3 aliphatic carbocycles. The van der Waals surface area contributed by atoms with E-state index in [1.165, 1.54) is 82.4 Å². The fourth-order valence-corrected chi connectivity index (χ4v) is 8.78. The molecule has 1 aromatic rings. The lowest BCUT2D eigenvalue weighted by molar-refractivity contribution is -0.284. The smallest absolute Gasteiger partial charge is 0.196 e. The maximum absolute atomic E-state index is 12.9. The van der Waals surface area contributed by atoms with Crippen LogP contribution in [0.3, 0.4) is 0 Å². The second-order valence-electron chi connectivity index (χ2n) is 12.4. The van der Waals surface area contributed by atoms with Gasteiger partial charge >= 0.3 is 12.1 Å². The Labute approximate surface area is 231 Å². The summed E-state index contributed by atoms with van der Waals surface area (Å²) in [5, 5.41) is 0. The summed E-state index contributed by atoms with van der Waals surface area (Å²) in [6.45, 7) is 2.52. The van der Waals surface area contributed by atoms with Crippen molar-refractivity contribution in [3.05, 3.63) is 41.8 Å². The summed E-state index contributed by atoms with van der Waals surface area (Å²) in [5.74, 6) is -0.119. The van der Waals surface area contributed by atoms with Gasteiger partial charge in [-0.05, 0) is 116 Å². The van der Waals surface area contributed by atoms with E-state index in [2.05, 4.69) is 37.6 Å². The Balaban J connectivity index is 1.09. The van der Waals surface area contributed by atoms with E-state index in [4.69, 9.17) is 0 Å². The molecule has 0 nitrogen and oxygen atoms in total. The number of fused-ring (bicyclic) bond motifs is 5. The fourth-order valence-electron chi connectivity index (χ4n) is 7.82. The number of thioether (sulfide) groups is 1. The van der Waals surface area contributed by atoms with Gasteiger partial charge in [-0.3, -0.25) is 0 Å². The zero-order valence-electron chi connectivity index (χ0n) is 22.9. The lowest BCUT2D eigenvalue weighted by Gasteiger charge is -2.52. The zero-order valence-corrected chi connectivity index (χ0v) is 23.8. The fraction of sp³-hybridized carbons (Fsp3) is 0.781. The predicted molar refractivity (Wildman–Crippen MR) is 148 cm³/mol. The number of hydrogen-bond acceptors (Lipinski definition) is 1. The van der Waals surface area contributed by atoms with Crippen LogP contribution in [0.5, 0.6) is 0 Å². The van der Waals surface area contributed by atoms with Gasteiger partial charge < -0.3 is 0 Å². The van der Waals surface area contributed by atoms with Gasteiger partial charge in [0.1, 0.15) is 0 Å². The van der Waals surface area contributed by atoms with Crippen molar-refractivity contribution < 1.29 is 22.0 Å². The second kappa shape index (κ2) is 13.3. The molecule has 2 radical (unpaired) electrons. The minimum Gasteiger partial charge on any atom is -0.196 e. The molecule has 1 aromatic carbocycles. The second-order valence-corrected chi connectivity index (χ2v) is 13.6. The third kappa shape index (κ3) is 7.29. The van der Waals surface area contributed by atoms with Crippen LogP contribution in [0.1, 0.15) is 114 Å². The number of alkyl halides is 5. The maximum Gasteiger partial charge on any atom is 0.453 e. The predicted octanol–water partition coefficient (Wildman–Crippen LogP) is 10.6. The van der Waals surface area contributed by atoms with Crippen molar-refractivity contribution in [2.45, 2.75) is 121 Å². The molecule has 2 fully saturated rings. The molecule has 214 valence electrons. The van der Waals surface area contributed by atoms with Crippen molar-refractivity contribution in [3.63, 3.8) is 0 Å². The molecule has 0 N–H and O–H groups in total. The Morgan fingerprint density at radius 3 is 2.42 bits per heavy atom. The molecule has 6 heteroatoms. The van der Waals surface area contributed by atoms with Crippen molar-refractivity contribution in [1.82, 2.24) is 0 Å². The van der Waals surface area contributed by atoms with E-state index in [0.717, 1.165) is 42.3 Å². The van der Waals surface area contributed by atoms with E-state index < -0.39 is 18.5 Å². The van der Waals surface area contributed by atoms with Gasteiger partial charge in [0.25, 0.3) is 0 Å². The molecule has 4 rings (SSSR count). The molecule has 3 aliphatic rings. The zero-order chi connectivity index (χ0) is 27.2. The van der Waals surface area contributed by atoms with Crippen molar-refractivity contribution in [2.24, 2.45) is 23.2 Å². The standard InChI is InChI=1S/C32H45F5S/c1-30-18-11-16-28(30)29-25(23-24-13-8-9-15-26(24)27(29)17-20-30)14-7-5-3-2-4-6-10-21-38-22-12-19-31(33,34)32(35,36)37/h9,13,15,18,25,27-29H,2-7,10-12,14,16-17,19-23H2,1H3/t25?,27-,28+,29-,30+/m1/s1. The van der Waals surface area contributed by atoms with E-state index in [9.17, 15) is 22.0 Å². The molecular weight excluding hydrogens is 511 g/mol. The molecular formula is C32H45F5S. The molecule has 5 atom stereocenters. The van der Waals surface area contributed by atoms with Crippen molar-refractivity contribution in [2.75, 3.05) is 11.5 Å². The molecule has 0 aliphatic heterocycles. The van der Waals surface area contributed by atoms with Gasteiger partial charge in [-0.15, -0.1) is 0 Å². The van der Waals surface area contributed by atoms with E-state index in [0.29, 0.717) is 11.2 Å². The van der Waals surface area contributed by atoms with Crippen LogP contribution in [0.2, 0.25) is 0 Å². The highest BCUT2D eigenvalue weighted by Crippen LogP contribution is 2.62. The summed E-state index contributed by atoms with van der Waals surface area (Å²) < 4.78 is 62.3. The van der Waals surface area contributed by atoms with Gasteiger partial charge in [-0.2, -0.15) is 33.7 Å². The van der Waals surface area contributed by atoms with Gasteiger partial charge in [-0.1, -0.05) is 63.6 Å². The molecule has 38 heavy (non-hydrogen) atoms. The van der Waals surface area contributed by atoms with Crippen LogP contribution >= 0.6 is 11.8 Å². The SMILES string of the molecule is C[C@@]12[CH]CC[C@H]1[C@@H]1C(CCCCCCCCCSCCCC(F)(F)C(F)(F)F)Cc3c[c]ccc3[C@H]1CC2. The highest BCUT2D eigenvalue weighted by Gasteiger charge is 2.56. The van der Waals surface area contributed by atoms with Crippen LogP contribution in [0.4, 0.5) is 22.0 Å². The first kappa shape index (κ1) is 30.2. The first-order valence-corrected chi connectivity index (χ1v) is 16.1. The van der Waals surface area contributed by atoms with Gasteiger partial charge in [0, 0.05) is 6.42 Å². The lowest BCUT2D eigenvalue weighted by atomic mass is 9.52. The van der Waals surface area contributed by atoms with Gasteiger partial charge in [0.05, 0.1) is 0 Å². The number of halogens is 5. The van der Waals surface area contributed by atoms with Crippen LogP contribution < -0.4 is 0 Å². The monoisotopic (exact) mass is 556 g/mol. The summed E-state index contributed by atoms with van der Waals surface area (Å²) in [6, 6.07) is 10.1. The maximum atomic E-state index is 12.9. The number of hydrogen-bond donors (Lipinski definition) is 0. The third-order valence-corrected chi connectivity index (χ3v) is 11.0. The largest absolute Gasteiger partial charge is 0.453 e. The van der Waals surface area contributed by atoms with Crippen LogP contribution in [0.15, 0.2) is 18.2 Å². The summed E-state index contributed by atoms with van der Waals surface area (Å²) in [6.07, 6.45) is 12.3. The topological polar surface area (TPSA) is 0 Å². The molecule has 0 saturated heterocycles. The molecule has 0 aromatic heterocycles.